The monoisotopic (exact) mass is 499 g/mol. The first-order chi connectivity index (χ1) is 17.3. The smallest absolute Gasteiger partial charge is 0.182 e. The second kappa shape index (κ2) is 10.5. The molecule has 0 bridgehead atoms. The van der Waals surface area contributed by atoms with Gasteiger partial charge in [0.05, 0.1) is 0 Å². The lowest BCUT2D eigenvalue weighted by Crippen LogP contribution is -2.45. The summed E-state index contributed by atoms with van der Waals surface area (Å²) in [5, 5.41) is 10.6. The molecule has 0 atom stereocenters. The van der Waals surface area contributed by atoms with Crippen LogP contribution < -0.4 is 15.4 Å². The number of fused-ring (bicyclic) bond motifs is 2. The van der Waals surface area contributed by atoms with Crippen molar-refractivity contribution in [1.82, 2.24) is 15.5 Å². The fraction of sp³-hybridized carbons (Fsp3) is 0.241. The number of nitrogens with one attached hydrogen (secondary N) is 2. The molecule has 2 N–H and O–H groups in total. The van der Waals surface area contributed by atoms with E-state index in [0.29, 0.717) is 0 Å². The minimum Gasteiger partial charge on any atom is -0.446 e. The van der Waals surface area contributed by atoms with Crippen molar-refractivity contribution in [3.63, 3.8) is 0 Å². The van der Waals surface area contributed by atoms with Crippen molar-refractivity contribution in [3.05, 3.63) is 84.4 Å². The minimum atomic E-state index is 0.783. The molecule has 0 spiro atoms. The average Bonchev–Trinajstić information content (AvgIpc) is 3.52. The van der Waals surface area contributed by atoms with Crippen molar-refractivity contribution in [2.45, 2.75) is 6.54 Å². The van der Waals surface area contributed by atoms with Crippen LogP contribution in [0.25, 0.3) is 30.6 Å². The van der Waals surface area contributed by atoms with Gasteiger partial charge >= 0.3 is 0 Å². The molecule has 0 radical (unpaired) electrons. The predicted molar refractivity (Wildman–Crippen MR) is 150 cm³/mol. The molecular weight excluding hydrogens is 470 g/mol. The van der Waals surface area contributed by atoms with Crippen molar-refractivity contribution < 1.29 is 4.74 Å². The SMILES string of the molecule is c1ccc2sc(Oc3ccc(-c4cc5ccccc5s4)cc3CNCCN3CCNCC3)cc2c1. The molecule has 1 aliphatic heterocycles. The maximum atomic E-state index is 6.45. The second-order valence-corrected chi connectivity index (χ2v) is 11.1. The van der Waals surface area contributed by atoms with E-state index in [0.717, 1.165) is 56.6 Å². The lowest BCUT2D eigenvalue weighted by Gasteiger charge is -2.27. The van der Waals surface area contributed by atoms with Crippen LogP contribution in [-0.2, 0) is 6.54 Å². The highest BCUT2D eigenvalue weighted by atomic mass is 32.1. The highest BCUT2D eigenvalue weighted by Gasteiger charge is 2.13. The van der Waals surface area contributed by atoms with Crippen LogP contribution in [0.2, 0.25) is 0 Å². The molecule has 0 aliphatic carbocycles. The van der Waals surface area contributed by atoms with E-state index in [1.165, 1.54) is 36.2 Å². The Morgan fingerprint density at radius 1 is 0.829 bits per heavy atom. The van der Waals surface area contributed by atoms with E-state index in [2.05, 4.69) is 94.4 Å². The molecule has 4 nitrogen and oxygen atoms in total. The van der Waals surface area contributed by atoms with E-state index in [1.807, 2.05) is 11.3 Å². The van der Waals surface area contributed by atoms with Crippen LogP contribution in [0.3, 0.4) is 0 Å². The van der Waals surface area contributed by atoms with Gasteiger partial charge in [0.1, 0.15) is 5.75 Å². The summed E-state index contributed by atoms with van der Waals surface area (Å²) in [7, 11) is 0. The van der Waals surface area contributed by atoms with Gasteiger partial charge < -0.3 is 15.4 Å². The summed E-state index contributed by atoms with van der Waals surface area (Å²) in [6.45, 7) is 7.26. The third-order valence-corrected chi connectivity index (χ3v) is 8.67. The molecule has 2 aromatic heterocycles. The number of benzene rings is 3. The van der Waals surface area contributed by atoms with Crippen molar-refractivity contribution in [2.24, 2.45) is 0 Å². The number of nitrogens with zero attached hydrogens (tertiary/aromatic N) is 1. The molecule has 0 unspecified atom stereocenters. The molecule has 6 heteroatoms. The number of hydrogen-bond donors (Lipinski definition) is 2. The van der Waals surface area contributed by atoms with Gasteiger partial charge in [0.25, 0.3) is 0 Å². The molecule has 3 aromatic carbocycles. The molecule has 0 saturated carbocycles. The maximum absolute atomic E-state index is 6.45. The highest BCUT2D eigenvalue weighted by Crippen LogP contribution is 2.39. The first-order valence-electron chi connectivity index (χ1n) is 12.2. The Morgan fingerprint density at radius 2 is 1.57 bits per heavy atom. The summed E-state index contributed by atoms with van der Waals surface area (Å²) in [6.07, 6.45) is 0. The maximum Gasteiger partial charge on any atom is 0.182 e. The van der Waals surface area contributed by atoms with Gasteiger partial charge in [-0.2, -0.15) is 0 Å². The minimum absolute atomic E-state index is 0.783. The van der Waals surface area contributed by atoms with E-state index >= 15 is 0 Å². The number of rotatable bonds is 8. The third kappa shape index (κ3) is 5.27. The Bertz CT molecular complexity index is 1370. The number of piperazine rings is 1. The van der Waals surface area contributed by atoms with Crippen molar-refractivity contribution >= 4 is 42.8 Å². The quantitative estimate of drug-likeness (QED) is 0.237. The van der Waals surface area contributed by atoms with E-state index in [9.17, 15) is 0 Å². The zero-order valence-electron chi connectivity index (χ0n) is 19.6. The third-order valence-electron chi connectivity index (χ3n) is 6.51. The lowest BCUT2D eigenvalue weighted by molar-refractivity contribution is 0.241. The predicted octanol–water partition coefficient (Wildman–Crippen LogP) is 6.57. The largest absolute Gasteiger partial charge is 0.446 e. The Labute approximate surface area is 214 Å². The number of thiophene rings is 2. The summed E-state index contributed by atoms with van der Waals surface area (Å²) in [5.41, 5.74) is 2.44. The van der Waals surface area contributed by atoms with E-state index in [1.54, 1.807) is 11.3 Å². The zero-order valence-corrected chi connectivity index (χ0v) is 21.3. The second-order valence-electron chi connectivity index (χ2n) is 8.94. The number of hydrogen-bond acceptors (Lipinski definition) is 6. The van der Waals surface area contributed by atoms with Gasteiger partial charge in [-0.15, -0.1) is 11.3 Å². The summed E-state index contributed by atoms with van der Waals surface area (Å²) >= 11 is 3.55. The molecule has 1 aliphatic rings. The van der Waals surface area contributed by atoms with Crippen molar-refractivity contribution in [3.8, 4) is 21.3 Å². The molecule has 5 aromatic rings. The molecular formula is C29H29N3OS2. The molecule has 3 heterocycles. The van der Waals surface area contributed by atoms with Crippen molar-refractivity contribution in [1.29, 1.82) is 0 Å². The van der Waals surface area contributed by atoms with Gasteiger partial charge in [0, 0.05) is 71.7 Å². The van der Waals surface area contributed by atoms with E-state index in [-0.39, 0.29) is 0 Å². The fourth-order valence-electron chi connectivity index (χ4n) is 4.61. The van der Waals surface area contributed by atoms with E-state index in [4.69, 9.17) is 4.74 Å². The molecule has 1 saturated heterocycles. The standard InChI is InChI=1S/C29H29N3OS2/c1-3-7-26-21(5-1)18-28(34-26)23-9-10-25(33-29-19-22-6-2-4-8-27(22)35-29)24(17-23)20-31-13-16-32-14-11-30-12-15-32/h1-10,17-19,30-31H,11-16,20H2. The van der Waals surface area contributed by atoms with Gasteiger partial charge in [-0.05, 0) is 52.7 Å². The normalized spacial score (nSPS) is 14.6. The van der Waals surface area contributed by atoms with Crippen LogP contribution >= 0.6 is 22.7 Å². The molecule has 6 rings (SSSR count). The fourth-order valence-corrected chi connectivity index (χ4v) is 6.59. The zero-order chi connectivity index (χ0) is 23.5. The summed E-state index contributed by atoms with van der Waals surface area (Å²) in [6, 6.07) is 28.1. The van der Waals surface area contributed by atoms with Gasteiger partial charge in [0.2, 0.25) is 0 Å². The molecule has 35 heavy (non-hydrogen) atoms. The van der Waals surface area contributed by atoms with Crippen LogP contribution in [0.15, 0.2) is 78.9 Å². The first kappa shape index (κ1) is 22.7. The molecule has 1 fully saturated rings. The Hall–Kier alpha value is -2.74. The van der Waals surface area contributed by atoms with Gasteiger partial charge in [-0.3, -0.25) is 4.90 Å². The molecule has 0 amide bonds. The number of ether oxygens (including phenoxy) is 1. The lowest BCUT2D eigenvalue weighted by atomic mass is 10.1. The Balaban J connectivity index is 1.24. The van der Waals surface area contributed by atoms with Crippen LogP contribution in [0.5, 0.6) is 10.8 Å². The highest BCUT2D eigenvalue weighted by molar-refractivity contribution is 7.22. The van der Waals surface area contributed by atoms with Gasteiger partial charge in [-0.25, -0.2) is 0 Å². The summed E-state index contributed by atoms with van der Waals surface area (Å²) in [5.74, 6) is 0.927. The Kier molecular flexibility index (Phi) is 6.80. The van der Waals surface area contributed by atoms with Gasteiger partial charge in [0.15, 0.2) is 5.06 Å². The van der Waals surface area contributed by atoms with Crippen LogP contribution in [0.4, 0.5) is 0 Å². The summed E-state index contributed by atoms with van der Waals surface area (Å²) in [4.78, 5) is 3.81. The summed E-state index contributed by atoms with van der Waals surface area (Å²) < 4.78 is 9.03. The van der Waals surface area contributed by atoms with E-state index < -0.39 is 0 Å². The van der Waals surface area contributed by atoms with Crippen molar-refractivity contribution in [2.75, 3.05) is 39.3 Å². The average molecular weight is 500 g/mol. The Morgan fingerprint density at radius 3 is 2.34 bits per heavy atom. The molecule has 178 valence electrons. The van der Waals surface area contributed by atoms with Gasteiger partial charge in [-0.1, -0.05) is 47.7 Å². The first-order valence-corrected chi connectivity index (χ1v) is 13.9. The van der Waals surface area contributed by atoms with Crippen LogP contribution in [0, 0.1) is 0 Å². The van der Waals surface area contributed by atoms with Crippen LogP contribution in [-0.4, -0.2) is 44.2 Å². The van der Waals surface area contributed by atoms with Crippen LogP contribution in [0.1, 0.15) is 5.56 Å². The topological polar surface area (TPSA) is 36.5 Å².